The number of hydrogen-bond donors (Lipinski definition) is 1. The lowest BCUT2D eigenvalue weighted by Crippen LogP contribution is -2.05. The molecule has 0 unspecified atom stereocenters. The number of aromatic nitrogens is 3. The minimum absolute atomic E-state index is 0.0213. The van der Waals surface area contributed by atoms with E-state index in [0.717, 1.165) is 22.5 Å². The van der Waals surface area contributed by atoms with E-state index in [0.29, 0.717) is 5.65 Å². The molecule has 5 nitrogen and oxygen atoms in total. The molecule has 2 heterocycles. The van der Waals surface area contributed by atoms with Gasteiger partial charge < -0.3 is 5.11 Å². The Kier molecular flexibility index (Phi) is 2.75. The molecule has 0 aliphatic heterocycles. The van der Waals surface area contributed by atoms with Gasteiger partial charge in [-0.05, 0) is 19.9 Å². The first-order chi connectivity index (χ1) is 9.54. The van der Waals surface area contributed by atoms with Crippen molar-refractivity contribution in [3.8, 4) is 11.3 Å². The predicted octanol–water partition coefficient (Wildman–Crippen LogP) is 2.71. The molecule has 2 aromatic heterocycles. The fourth-order valence-electron chi connectivity index (χ4n) is 2.13. The third kappa shape index (κ3) is 2.03. The van der Waals surface area contributed by atoms with Crippen LogP contribution in [0, 0.1) is 13.8 Å². The number of hydrogen-bond acceptors (Lipinski definition) is 3. The summed E-state index contributed by atoms with van der Waals surface area (Å²) >= 11 is 0. The average molecular weight is 267 g/mol. The maximum Gasteiger partial charge on any atom is 0.354 e. The zero-order chi connectivity index (χ0) is 14.3. The first-order valence-corrected chi connectivity index (χ1v) is 6.22. The fourth-order valence-corrected chi connectivity index (χ4v) is 2.13. The van der Waals surface area contributed by atoms with Gasteiger partial charge in [-0.25, -0.2) is 14.3 Å². The number of carboxylic acid groups (broad SMARTS) is 1. The van der Waals surface area contributed by atoms with Crippen molar-refractivity contribution in [1.82, 2.24) is 14.6 Å². The summed E-state index contributed by atoms with van der Waals surface area (Å²) in [5.74, 6) is -1.04. The molecule has 0 aliphatic rings. The summed E-state index contributed by atoms with van der Waals surface area (Å²) in [5.41, 5.74) is 4.14. The highest BCUT2D eigenvalue weighted by molar-refractivity contribution is 5.87. The molecule has 0 bridgehead atoms. The maximum absolute atomic E-state index is 11.2. The van der Waals surface area contributed by atoms with Crippen molar-refractivity contribution in [2.24, 2.45) is 0 Å². The average Bonchev–Trinajstić information content (AvgIpc) is 2.78. The lowest BCUT2D eigenvalue weighted by Gasteiger charge is -2.06. The number of fused-ring (bicyclic) bond motifs is 1. The maximum atomic E-state index is 11.2. The van der Waals surface area contributed by atoms with E-state index in [2.05, 4.69) is 10.1 Å². The van der Waals surface area contributed by atoms with Crippen LogP contribution in [0.3, 0.4) is 0 Å². The van der Waals surface area contributed by atoms with Gasteiger partial charge in [-0.1, -0.05) is 29.8 Å². The molecule has 1 aromatic carbocycles. The van der Waals surface area contributed by atoms with Crippen molar-refractivity contribution in [3.63, 3.8) is 0 Å². The second kappa shape index (κ2) is 4.45. The smallest absolute Gasteiger partial charge is 0.354 e. The van der Waals surface area contributed by atoms with Gasteiger partial charge in [0.05, 0.1) is 11.4 Å². The normalized spacial score (nSPS) is 10.9. The number of benzene rings is 1. The zero-order valence-corrected chi connectivity index (χ0v) is 11.2. The number of carbonyl (C=O) groups is 1. The van der Waals surface area contributed by atoms with Crippen molar-refractivity contribution in [3.05, 3.63) is 53.3 Å². The molecule has 20 heavy (non-hydrogen) atoms. The van der Waals surface area contributed by atoms with Crippen LogP contribution in [-0.2, 0) is 0 Å². The zero-order valence-electron chi connectivity index (χ0n) is 11.2. The molecule has 0 atom stereocenters. The molecule has 1 N–H and O–H groups in total. The Bertz CT molecular complexity index is 804. The van der Waals surface area contributed by atoms with Gasteiger partial charge in [0.1, 0.15) is 0 Å². The Morgan fingerprint density at radius 1 is 1.15 bits per heavy atom. The lowest BCUT2D eigenvalue weighted by molar-refractivity contribution is 0.0690. The van der Waals surface area contributed by atoms with E-state index < -0.39 is 5.97 Å². The highest BCUT2D eigenvalue weighted by atomic mass is 16.4. The first-order valence-electron chi connectivity index (χ1n) is 6.22. The SMILES string of the molecule is Cc1ccc(-c2cc(C(=O)O)nc3cc(C)nn23)cc1. The summed E-state index contributed by atoms with van der Waals surface area (Å²) in [6.07, 6.45) is 0. The first kappa shape index (κ1) is 12.3. The molecule has 0 amide bonds. The number of aromatic carboxylic acids is 1. The van der Waals surface area contributed by atoms with Crippen LogP contribution in [0.4, 0.5) is 0 Å². The highest BCUT2D eigenvalue weighted by Crippen LogP contribution is 2.22. The molecule has 0 radical (unpaired) electrons. The Labute approximate surface area is 115 Å². The van der Waals surface area contributed by atoms with E-state index in [4.69, 9.17) is 0 Å². The second-order valence-corrected chi connectivity index (χ2v) is 4.75. The Morgan fingerprint density at radius 2 is 1.85 bits per heavy atom. The van der Waals surface area contributed by atoms with Crippen molar-refractivity contribution in [1.29, 1.82) is 0 Å². The number of rotatable bonds is 2. The molecule has 3 aromatic rings. The molecular weight excluding hydrogens is 254 g/mol. The number of aryl methyl sites for hydroxylation is 2. The Morgan fingerprint density at radius 3 is 2.50 bits per heavy atom. The lowest BCUT2D eigenvalue weighted by atomic mass is 10.1. The van der Waals surface area contributed by atoms with Crippen LogP contribution in [0.1, 0.15) is 21.7 Å². The molecular formula is C15H13N3O2. The standard InChI is InChI=1S/C15H13N3O2/c1-9-3-5-11(6-4-9)13-8-12(15(19)20)16-14-7-10(2)17-18(13)14/h3-8H,1-2H3,(H,19,20). The molecule has 5 heteroatoms. The Balaban J connectivity index is 2.31. The minimum atomic E-state index is -1.04. The van der Waals surface area contributed by atoms with E-state index >= 15 is 0 Å². The number of carboxylic acids is 1. The molecule has 3 rings (SSSR count). The molecule has 0 fully saturated rings. The van der Waals surface area contributed by atoms with Gasteiger partial charge in [0.2, 0.25) is 0 Å². The summed E-state index contributed by atoms with van der Waals surface area (Å²) in [6.45, 7) is 3.86. The van der Waals surface area contributed by atoms with Crippen molar-refractivity contribution in [2.75, 3.05) is 0 Å². The summed E-state index contributed by atoms with van der Waals surface area (Å²) in [4.78, 5) is 15.3. The summed E-state index contributed by atoms with van der Waals surface area (Å²) in [7, 11) is 0. The van der Waals surface area contributed by atoms with Gasteiger partial charge in [-0.2, -0.15) is 5.10 Å². The van der Waals surface area contributed by atoms with Crippen LogP contribution in [-0.4, -0.2) is 25.7 Å². The summed E-state index contributed by atoms with van der Waals surface area (Å²) in [6, 6.07) is 11.2. The third-order valence-corrected chi connectivity index (χ3v) is 3.12. The molecule has 0 aliphatic carbocycles. The molecule has 100 valence electrons. The van der Waals surface area contributed by atoms with E-state index in [9.17, 15) is 9.90 Å². The Hall–Kier alpha value is -2.69. The van der Waals surface area contributed by atoms with E-state index in [1.165, 1.54) is 0 Å². The quantitative estimate of drug-likeness (QED) is 0.775. The van der Waals surface area contributed by atoms with Gasteiger partial charge >= 0.3 is 5.97 Å². The van der Waals surface area contributed by atoms with Crippen LogP contribution in [0.25, 0.3) is 16.9 Å². The predicted molar refractivity (Wildman–Crippen MR) is 74.9 cm³/mol. The van der Waals surface area contributed by atoms with Crippen molar-refractivity contribution < 1.29 is 9.90 Å². The monoisotopic (exact) mass is 267 g/mol. The van der Waals surface area contributed by atoms with Crippen LogP contribution in [0.15, 0.2) is 36.4 Å². The topological polar surface area (TPSA) is 67.5 Å². The van der Waals surface area contributed by atoms with Gasteiger partial charge in [-0.15, -0.1) is 0 Å². The highest BCUT2D eigenvalue weighted by Gasteiger charge is 2.13. The van der Waals surface area contributed by atoms with Crippen molar-refractivity contribution >= 4 is 11.6 Å². The van der Waals surface area contributed by atoms with E-state index in [1.807, 2.05) is 38.1 Å². The minimum Gasteiger partial charge on any atom is -0.477 e. The van der Waals surface area contributed by atoms with Gasteiger partial charge in [-0.3, -0.25) is 0 Å². The van der Waals surface area contributed by atoms with Crippen LogP contribution < -0.4 is 0 Å². The van der Waals surface area contributed by atoms with E-state index in [-0.39, 0.29) is 5.69 Å². The second-order valence-electron chi connectivity index (χ2n) is 4.75. The molecule has 0 spiro atoms. The summed E-state index contributed by atoms with van der Waals surface area (Å²) < 4.78 is 1.67. The fraction of sp³-hybridized carbons (Fsp3) is 0.133. The molecule has 0 saturated heterocycles. The van der Waals surface area contributed by atoms with Crippen LogP contribution in [0.2, 0.25) is 0 Å². The molecule has 0 saturated carbocycles. The third-order valence-electron chi connectivity index (χ3n) is 3.12. The van der Waals surface area contributed by atoms with Gasteiger partial charge in [0.25, 0.3) is 0 Å². The largest absolute Gasteiger partial charge is 0.477 e. The van der Waals surface area contributed by atoms with Crippen molar-refractivity contribution in [2.45, 2.75) is 13.8 Å². The van der Waals surface area contributed by atoms with E-state index in [1.54, 1.807) is 16.6 Å². The van der Waals surface area contributed by atoms with Gasteiger partial charge in [0.15, 0.2) is 11.3 Å². The number of nitrogens with zero attached hydrogens (tertiary/aromatic N) is 3. The van der Waals surface area contributed by atoms with Gasteiger partial charge in [0, 0.05) is 11.6 Å². The van der Waals surface area contributed by atoms with Crippen LogP contribution >= 0.6 is 0 Å². The summed E-state index contributed by atoms with van der Waals surface area (Å²) in [5, 5.41) is 13.5. The van der Waals surface area contributed by atoms with Crippen LogP contribution in [0.5, 0.6) is 0 Å².